The van der Waals surface area contributed by atoms with Crippen LogP contribution in [-0.2, 0) is 27.9 Å². The van der Waals surface area contributed by atoms with Gasteiger partial charge in [-0.25, -0.2) is 4.57 Å². The number of nitrogens with zero attached hydrogens (tertiary/aromatic N) is 1. The van der Waals surface area contributed by atoms with Gasteiger partial charge in [0.05, 0.1) is 33.8 Å². The summed E-state index contributed by atoms with van der Waals surface area (Å²) in [5, 5.41) is 3.04. The number of hydrogen-bond acceptors (Lipinski definition) is 6. The van der Waals surface area contributed by atoms with E-state index in [9.17, 15) is 19.0 Å². The number of carbonyl (C=O) groups is 2. The molecule has 0 radical (unpaired) electrons. The maximum atomic E-state index is 13.5. The maximum absolute atomic E-state index is 13.5. The highest BCUT2D eigenvalue weighted by Gasteiger charge is 2.30. The van der Waals surface area contributed by atoms with Crippen molar-refractivity contribution in [2.75, 3.05) is 40.9 Å². The highest BCUT2D eigenvalue weighted by atomic mass is 31.2. The molecule has 1 amide bonds. The van der Waals surface area contributed by atoms with E-state index in [1.54, 1.807) is 0 Å². The average molecular weight is 1080 g/mol. The minimum atomic E-state index is -4.46. The number of amides is 1. The topological polar surface area (TPSA) is 111 Å². The molecule has 0 rings (SSSR count). The number of phosphoric ester groups is 1. The Hall–Kier alpha value is -3.07. The minimum absolute atomic E-state index is 0.0307. The number of allylic oxidation sites excluding steroid dienone is 15. The first kappa shape index (κ1) is 72.9. The van der Waals surface area contributed by atoms with E-state index in [1.807, 2.05) is 33.3 Å². The quantitative estimate of drug-likeness (QED) is 0.0205. The molecule has 0 aromatic heterocycles. The van der Waals surface area contributed by atoms with Crippen molar-refractivity contribution in [1.82, 2.24) is 5.32 Å². The van der Waals surface area contributed by atoms with E-state index in [0.29, 0.717) is 23.9 Å². The second kappa shape index (κ2) is 55.3. The zero-order valence-electron chi connectivity index (χ0n) is 50.0. The fourth-order valence-electron chi connectivity index (χ4n) is 8.47. The van der Waals surface area contributed by atoms with Crippen LogP contribution in [0.25, 0.3) is 0 Å². The number of ether oxygens (including phenoxy) is 1. The molecular weight excluding hydrogens is 964 g/mol. The predicted molar refractivity (Wildman–Crippen MR) is 327 cm³/mol. The zero-order valence-corrected chi connectivity index (χ0v) is 50.9. The first-order valence-corrected chi connectivity index (χ1v) is 32.6. The predicted octanol–water partition coefficient (Wildman–Crippen LogP) is 19.2. The summed E-state index contributed by atoms with van der Waals surface area (Å²) in [5.74, 6) is -0.542. The fraction of sp³-hybridized carbons (Fsp3) is 0.727. The summed E-state index contributed by atoms with van der Waals surface area (Å²) in [6.45, 7) is 6.84. The summed E-state index contributed by atoms with van der Waals surface area (Å²) in [4.78, 5) is 37.7. The SMILES string of the molecule is CC/C=C/C/C=C/C/C=C/CCCCCCC(=O)OC(/C=C\CCCCCCCCCCC)C(COP(=O)(O)OCC[N+](C)(C)C)NC(=O)CCCCCCCCCCC/C=C\C/C=C\C/C=C\C/C=C\CCCCC. The minimum Gasteiger partial charge on any atom is -0.456 e. The van der Waals surface area contributed by atoms with Gasteiger partial charge in [-0.2, -0.15) is 0 Å². The highest BCUT2D eigenvalue weighted by molar-refractivity contribution is 7.47. The van der Waals surface area contributed by atoms with E-state index in [4.69, 9.17) is 13.8 Å². The van der Waals surface area contributed by atoms with Gasteiger partial charge < -0.3 is 19.4 Å². The van der Waals surface area contributed by atoms with Gasteiger partial charge in [-0.3, -0.25) is 18.6 Å². The molecule has 0 heterocycles. The summed E-state index contributed by atoms with van der Waals surface area (Å²) >= 11 is 0. The Balaban J connectivity index is 5.16. The van der Waals surface area contributed by atoms with Crippen LogP contribution >= 0.6 is 7.82 Å². The molecule has 0 saturated carbocycles. The molecular formula is C66H118N2O7P+. The van der Waals surface area contributed by atoms with Crippen molar-refractivity contribution in [2.24, 2.45) is 0 Å². The summed E-state index contributed by atoms with van der Waals surface area (Å²) < 4.78 is 30.6. The van der Waals surface area contributed by atoms with Crippen LogP contribution in [0.2, 0.25) is 0 Å². The van der Waals surface area contributed by atoms with Gasteiger partial charge in [-0.15, -0.1) is 0 Å². The molecule has 0 aliphatic carbocycles. The Morgan fingerprint density at radius 3 is 1.29 bits per heavy atom. The van der Waals surface area contributed by atoms with Crippen molar-refractivity contribution in [1.29, 1.82) is 0 Å². The largest absolute Gasteiger partial charge is 0.472 e. The van der Waals surface area contributed by atoms with Crippen molar-refractivity contribution in [3.05, 3.63) is 97.2 Å². The summed E-state index contributed by atoms with van der Waals surface area (Å²) in [6.07, 6.45) is 74.1. The first-order valence-electron chi connectivity index (χ1n) is 31.1. The van der Waals surface area contributed by atoms with E-state index in [-0.39, 0.29) is 31.5 Å². The zero-order chi connectivity index (χ0) is 55.7. The lowest BCUT2D eigenvalue weighted by Gasteiger charge is -2.27. The molecule has 0 aromatic carbocycles. The Kier molecular flexibility index (Phi) is 53.0. The van der Waals surface area contributed by atoms with E-state index < -0.39 is 20.0 Å². The molecule has 10 heteroatoms. The van der Waals surface area contributed by atoms with Crippen molar-refractivity contribution in [3.63, 3.8) is 0 Å². The Morgan fingerprint density at radius 1 is 0.474 bits per heavy atom. The lowest BCUT2D eigenvalue weighted by Crippen LogP contribution is -2.47. The molecule has 0 aromatic rings. The van der Waals surface area contributed by atoms with Crippen LogP contribution in [-0.4, -0.2) is 74.3 Å². The second-order valence-electron chi connectivity index (χ2n) is 21.8. The number of nitrogens with one attached hydrogen (secondary N) is 1. The molecule has 0 spiro atoms. The van der Waals surface area contributed by atoms with Crippen LogP contribution in [0.3, 0.4) is 0 Å². The van der Waals surface area contributed by atoms with Crippen molar-refractivity contribution in [3.8, 4) is 0 Å². The second-order valence-corrected chi connectivity index (χ2v) is 23.3. The molecule has 0 saturated heterocycles. The number of rotatable bonds is 55. The van der Waals surface area contributed by atoms with Gasteiger partial charge in [-0.05, 0) is 109 Å². The number of esters is 1. The summed E-state index contributed by atoms with van der Waals surface area (Å²) in [7, 11) is 1.47. The van der Waals surface area contributed by atoms with Crippen LogP contribution < -0.4 is 5.32 Å². The van der Waals surface area contributed by atoms with Gasteiger partial charge in [0.25, 0.3) is 0 Å². The molecule has 0 fully saturated rings. The third-order valence-corrected chi connectivity index (χ3v) is 14.2. The third kappa shape index (κ3) is 55.7. The van der Waals surface area contributed by atoms with Crippen LogP contribution in [0.1, 0.15) is 258 Å². The molecule has 76 heavy (non-hydrogen) atoms. The first-order chi connectivity index (χ1) is 36.9. The van der Waals surface area contributed by atoms with Crippen LogP contribution in [0.5, 0.6) is 0 Å². The van der Waals surface area contributed by atoms with E-state index in [1.165, 1.54) is 103 Å². The summed E-state index contributed by atoms with van der Waals surface area (Å²) in [6, 6.07) is -0.866. The van der Waals surface area contributed by atoms with Crippen LogP contribution in [0.4, 0.5) is 0 Å². The van der Waals surface area contributed by atoms with Gasteiger partial charge in [0.1, 0.15) is 19.3 Å². The molecule has 0 aliphatic heterocycles. The van der Waals surface area contributed by atoms with Crippen LogP contribution in [0.15, 0.2) is 97.2 Å². The highest BCUT2D eigenvalue weighted by Crippen LogP contribution is 2.43. The summed E-state index contributed by atoms with van der Waals surface area (Å²) in [5.41, 5.74) is 0. The standard InChI is InChI=1S/C66H117N2O7P/c1-7-10-13-16-19-22-25-27-29-30-31-32-33-34-35-36-37-38-39-40-43-46-49-52-55-58-65(69)67-63(62-74-76(71,72)73-61-60-68(4,5)6)64(57-54-51-48-45-42-24-21-18-15-12-9-3)75-66(70)59-56-53-50-47-44-41-28-26-23-20-17-14-11-8-2/h11,14,19-20,22-23,27-29,31-32,34-35,41,54,57,63-64H,7-10,12-13,15-18,21,24-26,30,33,36-40,42-53,55-56,58-62H2,1-6H3,(H-,67,69,71,72)/p+1/b14-11+,22-19-,23-20+,29-27-,32-31-,35-34-,41-28+,57-54-. The third-order valence-electron chi connectivity index (χ3n) is 13.3. The Labute approximate surface area is 468 Å². The lowest BCUT2D eigenvalue weighted by atomic mass is 10.0. The van der Waals surface area contributed by atoms with Crippen molar-refractivity contribution < 1.29 is 37.3 Å². The van der Waals surface area contributed by atoms with Gasteiger partial charge in [0, 0.05) is 12.8 Å². The number of carbonyl (C=O) groups excluding carboxylic acids is 2. The molecule has 9 nitrogen and oxygen atoms in total. The molecule has 0 aliphatic rings. The van der Waals surface area contributed by atoms with Gasteiger partial charge >= 0.3 is 13.8 Å². The number of likely N-dealkylation sites (N-methyl/N-ethyl adjacent to an activating group) is 1. The van der Waals surface area contributed by atoms with E-state index >= 15 is 0 Å². The Bertz CT molecular complexity index is 1620. The van der Waals surface area contributed by atoms with Gasteiger partial charge in [0.2, 0.25) is 5.91 Å². The van der Waals surface area contributed by atoms with E-state index in [0.717, 1.165) is 116 Å². The maximum Gasteiger partial charge on any atom is 0.472 e. The smallest absolute Gasteiger partial charge is 0.456 e. The number of phosphoric acid groups is 1. The van der Waals surface area contributed by atoms with Gasteiger partial charge in [0.15, 0.2) is 0 Å². The van der Waals surface area contributed by atoms with Crippen molar-refractivity contribution >= 4 is 19.7 Å². The number of unbranched alkanes of at least 4 members (excludes halogenated alkanes) is 25. The Morgan fingerprint density at radius 2 is 0.842 bits per heavy atom. The monoisotopic (exact) mass is 1080 g/mol. The molecule has 0 bridgehead atoms. The normalized spacial score (nSPS) is 14.4. The molecule has 3 atom stereocenters. The van der Waals surface area contributed by atoms with Crippen molar-refractivity contribution in [2.45, 2.75) is 270 Å². The molecule has 3 unspecified atom stereocenters. The number of quaternary nitrogens is 1. The number of hydrogen-bond donors (Lipinski definition) is 2. The fourth-order valence-corrected chi connectivity index (χ4v) is 9.20. The van der Waals surface area contributed by atoms with Crippen LogP contribution in [0, 0.1) is 0 Å². The van der Waals surface area contributed by atoms with E-state index in [2.05, 4.69) is 111 Å². The van der Waals surface area contributed by atoms with Gasteiger partial charge in [-0.1, -0.05) is 234 Å². The lowest BCUT2D eigenvalue weighted by molar-refractivity contribution is -0.870. The average Bonchev–Trinajstić information content (AvgIpc) is 3.38. The molecule has 2 N–H and O–H groups in total. The molecule has 438 valence electrons.